The zero-order valence-electron chi connectivity index (χ0n) is 27.4. The number of nitrogens with zero attached hydrogens (tertiary/aromatic N) is 5. The number of hydrogen-bond donors (Lipinski definition) is 2. The van der Waals surface area contributed by atoms with Gasteiger partial charge in [-0.25, -0.2) is 14.4 Å². The molecule has 47 heavy (non-hydrogen) atoms. The predicted octanol–water partition coefficient (Wildman–Crippen LogP) is 2.25. The van der Waals surface area contributed by atoms with E-state index in [1.54, 1.807) is 44.4 Å². The molecule has 3 aromatic rings. The van der Waals surface area contributed by atoms with Crippen LogP contribution in [0.5, 0.6) is 0 Å². The molecular formula is C32H42ClN7O7. The van der Waals surface area contributed by atoms with Gasteiger partial charge in [0.2, 0.25) is 5.95 Å². The Kier molecular flexibility index (Phi) is 11.7. The van der Waals surface area contributed by atoms with Gasteiger partial charge in [0.15, 0.2) is 11.2 Å². The molecule has 1 aromatic carbocycles. The molecule has 1 aliphatic heterocycles. The molecule has 0 spiro atoms. The second kappa shape index (κ2) is 15.5. The van der Waals surface area contributed by atoms with E-state index in [0.29, 0.717) is 37.8 Å². The lowest BCUT2D eigenvalue weighted by Gasteiger charge is -2.34. The second-order valence-corrected chi connectivity index (χ2v) is 12.5. The zero-order chi connectivity index (χ0) is 34.3. The highest BCUT2D eigenvalue weighted by Gasteiger charge is 2.29. The van der Waals surface area contributed by atoms with Crippen molar-refractivity contribution in [3.8, 4) is 11.8 Å². The average molecular weight is 672 g/mol. The summed E-state index contributed by atoms with van der Waals surface area (Å²) in [5.41, 5.74) is 4.43. The summed E-state index contributed by atoms with van der Waals surface area (Å²) in [6, 6.07) is 4.37. The lowest BCUT2D eigenvalue weighted by Crippen LogP contribution is -2.49. The molecule has 0 bridgehead atoms. The van der Waals surface area contributed by atoms with Crippen LogP contribution < -0.4 is 27.2 Å². The second-order valence-electron chi connectivity index (χ2n) is 12.1. The van der Waals surface area contributed by atoms with Crippen LogP contribution in [-0.2, 0) is 34.3 Å². The molecule has 3 N–H and O–H groups in total. The third-order valence-corrected chi connectivity index (χ3v) is 7.63. The number of carbonyl (C=O) groups is 2. The van der Waals surface area contributed by atoms with Crippen LogP contribution in [0.4, 0.5) is 10.7 Å². The minimum Gasteiger partial charge on any atom is -0.460 e. The van der Waals surface area contributed by atoms with Crippen molar-refractivity contribution in [2.24, 2.45) is 12.8 Å². The standard InChI is InChI=1S/C32H42ClN7O7/c1-6-7-14-39-25-26(36-29(39)38-13-8-9-23(20-38)35-30(43)47-32(2,3)4)37(5)31(44)40(27(25)41)19-21-10-11-22(33)18-24(21)28(42)46-17-16-45-15-12-34/h10-11,18,23H,8-9,12-17,19-20,34H2,1-5H3,(H,35,43). The monoisotopic (exact) mass is 671 g/mol. The Balaban J connectivity index is 1.71. The summed E-state index contributed by atoms with van der Waals surface area (Å²) in [7, 11) is 1.54. The number of nitrogens with one attached hydrogen (secondary N) is 1. The lowest BCUT2D eigenvalue weighted by atomic mass is 10.1. The molecule has 3 heterocycles. The first-order valence-electron chi connectivity index (χ1n) is 15.4. The number of imidazole rings is 1. The van der Waals surface area contributed by atoms with Crippen molar-refractivity contribution in [3.63, 3.8) is 0 Å². The van der Waals surface area contributed by atoms with E-state index >= 15 is 0 Å². The van der Waals surface area contributed by atoms with E-state index in [2.05, 4.69) is 17.2 Å². The highest BCUT2D eigenvalue weighted by Crippen LogP contribution is 2.24. The van der Waals surface area contributed by atoms with Crippen molar-refractivity contribution in [1.82, 2.24) is 24.0 Å². The number of aryl methyl sites for hydroxylation is 1. The van der Waals surface area contributed by atoms with Crippen molar-refractivity contribution in [1.29, 1.82) is 0 Å². The summed E-state index contributed by atoms with van der Waals surface area (Å²) in [5, 5.41) is 3.22. The number of piperidine rings is 1. The van der Waals surface area contributed by atoms with Crippen molar-refractivity contribution >= 4 is 40.8 Å². The van der Waals surface area contributed by atoms with Gasteiger partial charge in [0.25, 0.3) is 5.56 Å². The van der Waals surface area contributed by atoms with Crippen LogP contribution in [0.25, 0.3) is 11.2 Å². The van der Waals surface area contributed by atoms with Crippen molar-refractivity contribution in [2.75, 3.05) is 44.4 Å². The smallest absolute Gasteiger partial charge is 0.407 e. The number of amides is 1. The third kappa shape index (κ3) is 8.73. The van der Waals surface area contributed by atoms with Gasteiger partial charge in [-0.2, -0.15) is 4.98 Å². The molecule has 4 rings (SSSR count). The summed E-state index contributed by atoms with van der Waals surface area (Å²) in [6.07, 6.45) is 0.981. The Morgan fingerprint density at radius 1 is 1.17 bits per heavy atom. The quantitative estimate of drug-likeness (QED) is 0.175. The Morgan fingerprint density at radius 3 is 2.64 bits per heavy atom. The minimum atomic E-state index is -0.671. The molecule has 254 valence electrons. The molecular weight excluding hydrogens is 630 g/mol. The zero-order valence-corrected chi connectivity index (χ0v) is 28.2. The van der Waals surface area contributed by atoms with Gasteiger partial charge < -0.3 is 30.2 Å². The molecule has 0 aliphatic carbocycles. The first-order chi connectivity index (χ1) is 22.3. The number of fused-ring (bicyclic) bond motifs is 1. The molecule has 0 radical (unpaired) electrons. The summed E-state index contributed by atoms with van der Waals surface area (Å²) in [6.45, 7) is 8.87. The molecule has 1 unspecified atom stereocenters. The summed E-state index contributed by atoms with van der Waals surface area (Å²) in [4.78, 5) is 60.0. The van der Waals surface area contributed by atoms with E-state index in [1.807, 2.05) is 4.90 Å². The number of esters is 1. The molecule has 14 nitrogen and oxygen atoms in total. The fourth-order valence-corrected chi connectivity index (χ4v) is 5.48. The van der Waals surface area contributed by atoms with Gasteiger partial charge in [-0.15, -0.1) is 5.92 Å². The van der Waals surface area contributed by atoms with Crippen LogP contribution in [0.3, 0.4) is 0 Å². The van der Waals surface area contributed by atoms with Gasteiger partial charge in [-0.05, 0) is 58.2 Å². The highest BCUT2D eigenvalue weighted by atomic mass is 35.5. The van der Waals surface area contributed by atoms with E-state index in [0.717, 1.165) is 17.4 Å². The van der Waals surface area contributed by atoms with E-state index in [-0.39, 0.29) is 54.1 Å². The maximum Gasteiger partial charge on any atom is 0.407 e. The Labute approximate surface area is 277 Å². The van der Waals surface area contributed by atoms with Crippen molar-refractivity contribution in [2.45, 2.75) is 65.3 Å². The maximum absolute atomic E-state index is 14.1. The molecule has 15 heteroatoms. The topological polar surface area (TPSA) is 165 Å². The number of ether oxygens (including phenoxy) is 3. The molecule has 1 fully saturated rings. The van der Waals surface area contributed by atoms with Crippen LogP contribution in [0.15, 0.2) is 27.8 Å². The SMILES string of the molecule is CC#CCn1c(N2CCCC(NC(=O)OC(C)(C)C)C2)nc2c1c(=O)n(Cc1ccc(Cl)cc1C(=O)OCCOCCN)c(=O)n2C. The van der Waals surface area contributed by atoms with E-state index < -0.39 is 28.9 Å². The van der Waals surface area contributed by atoms with Gasteiger partial charge in [0, 0.05) is 37.7 Å². The van der Waals surface area contributed by atoms with Gasteiger partial charge >= 0.3 is 17.8 Å². The summed E-state index contributed by atoms with van der Waals surface area (Å²) in [5.74, 6) is 5.66. The number of rotatable bonds is 11. The normalized spacial score (nSPS) is 14.9. The summed E-state index contributed by atoms with van der Waals surface area (Å²) < 4.78 is 20.1. The van der Waals surface area contributed by atoms with Gasteiger partial charge in [-0.3, -0.25) is 18.5 Å². The van der Waals surface area contributed by atoms with E-state index in [9.17, 15) is 19.2 Å². The Bertz CT molecular complexity index is 1800. The van der Waals surface area contributed by atoms with Crippen LogP contribution in [0.1, 0.15) is 56.5 Å². The average Bonchev–Trinajstić information content (AvgIpc) is 3.40. The van der Waals surface area contributed by atoms with Crippen molar-refractivity contribution in [3.05, 3.63) is 55.2 Å². The Morgan fingerprint density at radius 2 is 1.94 bits per heavy atom. The molecule has 1 amide bonds. The fourth-order valence-electron chi connectivity index (χ4n) is 5.30. The minimum absolute atomic E-state index is 0.0104. The molecule has 2 aromatic heterocycles. The van der Waals surface area contributed by atoms with E-state index in [4.69, 9.17) is 36.5 Å². The molecule has 1 saturated heterocycles. The third-order valence-electron chi connectivity index (χ3n) is 7.39. The van der Waals surface area contributed by atoms with E-state index in [1.165, 1.54) is 17.7 Å². The van der Waals surface area contributed by atoms with Gasteiger partial charge in [-0.1, -0.05) is 23.6 Å². The first kappa shape index (κ1) is 35.5. The predicted molar refractivity (Wildman–Crippen MR) is 178 cm³/mol. The maximum atomic E-state index is 14.1. The number of alkyl carbamates (subject to hydrolysis) is 1. The molecule has 1 atom stereocenters. The molecule has 1 aliphatic rings. The lowest BCUT2D eigenvalue weighted by molar-refractivity contribution is 0.0327. The number of halogens is 1. The van der Waals surface area contributed by atoms with Gasteiger partial charge in [0.05, 0.1) is 31.9 Å². The van der Waals surface area contributed by atoms with Crippen LogP contribution in [-0.4, -0.2) is 81.8 Å². The largest absolute Gasteiger partial charge is 0.460 e. The number of nitrogens with two attached hydrogens (primary N) is 1. The van der Waals surface area contributed by atoms with Crippen molar-refractivity contribution < 1.29 is 23.8 Å². The van der Waals surface area contributed by atoms with Crippen LogP contribution >= 0.6 is 11.6 Å². The van der Waals surface area contributed by atoms with Crippen LogP contribution in [0.2, 0.25) is 5.02 Å². The van der Waals surface area contributed by atoms with Gasteiger partial charge in [0.1, 0.15) is 12.2 Å². The number of aromatic nitrogens is 4. The first-order valence-corrected chi connectivity index (χ1v) is 15.8. The molecule has 0 saturated carbocycles. The number of anilines is 1. The highest BCUT2D eigenvalue weighted by molar-refractivity contribution is 6.31. The number of carbonyl (C=O) groups excluding carboxylic acids is 2. The number of benzene rings is 1. The van der Waals surface area contributed by atoms with Crippen LogP contribution in [0, 0.1) is 11.8 Å². The summed E-state index contributed by atoms with van der Waals surface area (Å²) >= 11 is 6.20. The fraction of sp³-hybridized carbons (Fsp3) is 0.531. The number of hydrogen-bond acceptors (Lipinski definition) is 10. The Hall–Kier alpha value is -4.32.